The normalized spacial score (nSPS) is 13.8. The van der Waals surface area contributed by atoms with Crippen LogP contribution in [0.1, 0.15) is 73.1 Å². The molecule has 0 aliphatic carbocycles. The Morgan fingerprint density at radius 1 is 1.05 bits per heavy atom. The zero-order chi connectivity index (χ0) is 15.8. The molecule has 0 fully saturated rings. The molecule has 1 aromatic heterocycles. The molecule has 0 unspecified atom stereocenters. The minimum atomic E-state index is 0.0897. The predicted molar refractivity (Wildman–Crippen MR) is 86.9 cm³/mol. The van der Waals surface area contributed by atoms with Crippen LogP contribution in [0.25, 0.3) is 0 Å². The highest BCUT2D eigenvalue weighted by Crippen LogP contribution is 2.28. The summed E-state index contributed by atoms with van der Waals surface area (Å²) in [5, 5.41) is 8.34. The average Bonchev–Trinajstić information content (AvgIpc) is 2.52. The van der Waals surface area contributed by atoms with E-state index >= 15 is 0 Å². The summed E-state index contributed by atoms with van der Waals surface area (Å²) < 4.78 is 1.92. The molecule has 0 aromatic carbocycles. The number of hydrogen-bond donors (Lipinski definition) is 1. The fourth-order valence-electron chi connectivity index (χ4n) is 3.02. The van der Waals surface area contributed by atoms with Gasteiger partial charge < -0.3 is 5.32 Å². The third-order valence-corrected chi connectivity index (χ3v) is 3.34. The van der Waals surface area contributed by atoms with Crippen molar-refractivity contribution in [2.24, 2.45) is 12.5 Å². The van der Waals surface area contributed by atoms with Gasteiger partial charge >= 0.3 is 0 Å². The first kappa shape index (κ1) is 17.2. The van der Waals surface area contributed by atoms with Gasteiger partial charge in [0.2, 0.25) is 0 Å². The summed E-state index contributed by atoms with van der Waals surface area (Å²) >= 11 is 0. The Balaban J connectivity index is 2.80. The van der Waals surface area contributed by atoms with Crippen molar-refractivity contribution in [3.8, 4) is 0 Å². The summed E-state index contributed by atoms with van der Waals surface area (Å²) in [7, 11) is 2.00. The first-order chi connectivity index (χ1) is 8.80. The fourth-order valence-corrected chi connectivity index (χ4v) is 3.02. The number of aryl methyl sites for hydroxylation is 1. The predicted octanol–water partition coefficient (Wildman–Crippen LogP) is 4.02. The average molecular weight is 279 g/mol. The van der Waals surface area contributed by atoms with Crippen LogP contribution in [0.2, 0.25) is 0 Å². The Morgan fingerprint density at radius 2 is 1.60 bits per heavy atom. The molecule has 1 aromatic rings. The van der Waals surface area contributed by atoms with E-state index in [1.165, 1.54) is 11.3 Å². The topological polar surface area (TPSA) is 29.9 Å². The van der Waals surface area contributed by atoms with E-state index in [0.29, 0.717) is 5.41 Å². The van der Waals surface area contributed by atoms with Crippen LogP contribution in [0, 0.1) is 5.41 Å². The van der Waals surface area contributed by atoms with Crippen molar-refractivity contribution in [2.45, 2.75) is 79.3 Å². The largest absolute Gasteiger partial charge is 0.308 e. The van der Waals surface area contributed by atoms with Crippen LogP contribution in [0.3, 0.4) is 0 Å². The first-order valence-electron chi connectivity index (χ1n) is 7.58. The number of rotatable bonds is 4. The molecule has 20 heavy (non-hydrogen) atoms. The number of aromatic nitrogens is 2. The van der Waals surface area contributed by atoms with Gasteiger partial charge in [0, 0.05) is 36.3 Å². The van der Waals surface area contributed by atoms with E-state index in [4.69, 9.17) is 0 Å². The molecule has 0 atom stereocenters. The van der Waals surface area contributed by atoms with Gasteiger partial charge in [0.1, 0.15) is 0 Å². The molecule has 0 amide bonds. The maximum absolute atomic E-state index is 4.63. The van der Waals surface area contributed by atoms with Crippen LogP contribution in [0.4, 0.5) is 0 Å². The molecule has 1 rings (SSSR count). The number of hydrogen-bond acceptors (Lipinski definition) is 2. The van der Waals surface area contributed by atoms with Gasteiger partial charge in [0.25, 0.3) is 0 Å². The van der Waals surface area contributed by atoms with Gasteiger partial charge in [-0.05, 0) is 25.7 Å². The van der Waals surface area contributed by atoms with Gasteiger partial charge in [-0.25, -0.2) is 0 Å². The zero-order valence-electron chi connectivity index (χ0n) is 14.9. The van der Waals surface area contributed by atoms with Gasteiger partial charge in [-0.3, -0.25) is 4.68 Å². The van der Waals surface area contributed by atoms with Crippen LogP contribution in [-0.2, 0) is 19.0 Å². The van der Waals surface area contributed by atoms with Gasteiger partial charge in [0.15, 0.2) is 0 Å². The second kappa shape index (κ2) is 5.51. The molecule has 3 nitrogen and oxygen atoms in total. The fraction of sp³-hybridized carbons (Fsp3) is 0.824. The lowest BCUT2D eigenvalue weighted by molar-refractivity contribution is 0.240. The van der Waals surface area contributed by atoms with Crippen LogP contribution in [0.15, 0.2) is 6.20 Å². The van der Waals surface area contributed by atoms with Crippen LogP contribution < -0.4 is 5.32 Å². The minimum absolute atomic E-state index is 0.0897. The van der Waals surface area contributed by atoms with Crippen LogP contribution in [-0.4, -0.2) is 15.3 Å². The third kappa shape index (κ3) is 5.28. The van der Waals surface area contributed by atoms with Crippen LogP contribution in [0.5, 0.6) is 0 Å². The Hall–Kier alpha value is -0.830. The molecule has 0 bridgehead atoms. The molecule has 0 radical (unpaired) electrons. The molecular formula is C17H33N3. The van der Waals surface area contributed by atoms with Gasteiger partial charge in [0.05, 0.1) is 5.69 Å². The zero-order valence-corrected chi connectivity index (χ0v) is 14.9. The minimum Gasteiger partial charge on any atom is -0.308 e. The standard InChI is InChI=1S/C17H33N3/c1-15(2,3)12-17(7,8)18-10-13-11-20(9)19-14(13)16(4,5)6/h11,18H,10,12H2,1-9H3. The van der Waals surface area contributed by atoms with Gasteiger partial charge in [-0.1, -0.05) is 41.5 Å². The summed E-state index contributed by atoms with van der Waals surface area (Å²) in [6, 6.07) is 0. The lowest BCUT2D eigenvalue weighted by Gasteiger charge is -2.33. The molecule has 1 heterocycles. The Morgan fingerprint density at radius 3 is 2.05 bits per heavy atom. The summed E-state index contributed by atoms with van der Waals surface area (Å²) in [5.41, 5.74) is 3.05. The van der Waals surface area contributed by atoms with E-state index in [0.717, 1.165) is 13.0 Å². The lowest BCUT2D eigenvalue weighted by atomic mass is 9.81. The monoisotopic (exact) mass is 279 g/mol. The van der Waals surface area contributed by atoms with E-state index in [9.17, 15) is 0 Å². The second-order valence-electron chi connectivity index (χ2n) is 8.90. The van der Waals surface area contributed by atoms with Crippen LogP contribution >= 0.6 is 0 Å². The quantitative estimate of drug-likeness (QED) is 0.902. The summed E-state index contributed by atoms with van der Waals surface area (Å²) in [6.07, 6.45) is 3.28. The smallest absolute Gasteiger partial charge is 0.0722 e. The third-order valence-electron chi connectivity index (χ3n) is 3.34. The van der Waals surface area contributed by atoms with Gasteiger partial charge in [-0.15, -0.1) is 0 Å². The van der Waals surface area contributed by atoms with E-state index in [-0.39, 0.29) is 11.0 Å². The number of nitrogens with zero attached hydrogens (tertiary/aromatic N) is 2. The summed E-state index contributed by atoms with van der Waals surface area (Å²) in [4.78, 5) is 0. The van der Waals surface area contributed by atoms with E-state index in [1.807, 2.05) is 11.7 Å². The Kier molecular flexibility index (Phi) is 4.75. The van der Waals surface area contributed by atoms with Crippen molar-refractivity contribution < 1.29 is 0 Å². The molecule has 0 saturated heterocycles. The van der Waals surface area contributed by atoms with Crippen molar-refractivity contribution in [1.29, 1.82) is 0 Å². The van der Waals surface area contributed by atoms with E-state index in [2.05, 4.69) is 72.0 Å². The molecule has 3 heteroatoms. The molecular weight excluding hydrogens is 246 g/mol. The van der Waals surface area contributed by atoms with Crippen molar-refractivity contribution in [1.82, 2.24) is 15.1 Å². The maximum Gasteiger partial charge on any atom is 0.0722 e. The first-order valence-corrected chi connectivity index (χ1v) is 7.58. The molecule has 0 spiro atoms. The number of nitrogens with one attached hydrogen (secondary N) is 1. The molecule has 116 valence electrons. The highest BCUT2D eigenvalue weighted by Gasteiger charge is 2.27. The van der Waals surface area contributed by atoms with E-state index < -0.39 is 0 Å². The van der Waals surface area contributed by atoms with Crippen molar-refractivity contribution >= 4 is 0 Å². The van der Waals surface area contributed by atoms with E-state index in [1.54, 1.807) is 0 Å². The molecule has 1 N–H and O–H groups in total. The highest BCUT2D eigenvalue weighted by molar-refractivity contribution is 5.24. The summed E-state index contributed by atoms with van der Waals surface area (Å²) in [5.74, 6) is 0. The summed E-state index contributed by atoms with van der Waals surface area (Å²) in [6.45, 7) is 19.0. The van der Waals surface area contributed by atoms with Crippen molar-refractivity contribution in [3.05, 3.63) is 17.5 Å². The van der Waals surface area contributed by atoms with Gasteiger partial charge in [-0.2, -0.15) is 5.10 Å². The maximum atomic E-state index is 4.63. The molecule has 0 saturated carbocycles. The molecule has 0 aliphatic rings. The SMILES string of the molecule is Cn1cc(CNC(C)(C)CC(C)(C)C)c(C(C)(C)C)n1. The molecule has 0 aliphatic heterocycles. The van der Waals surface area contributed by atoms with Crippen molar-refractivity contribution in [2.75, 3.05) is 0 Å². The Labute approximate surface area is 125 Å². The van der Waals surface area contributed by atoms with Crippen molar-refractivity contribution in [3.63, 3.8) is 0 Å². The lowest BCUT2D eigenvalue weighted by Crippen LogP contribution is -2.42. The Bertz CT molecular complexity index is 442. The second-order valence-corrected chi connectivity index (χ2v) is 8.90. The highest BCUT2D eigenvalue weighted by atomic mass is 15.3.